The van der Waals surface area contributed by atoms with Crippen LogP contribution in [0, 0.1) is 10.1 Å². The number of nitrogens with one attached hydrogen (secondary N) is 1. The SMILES string of the molecule is CCOCC(C)Nc1nc(C(=O)O)ccc1[N+](=O)[O-]. The molecule has 0 aromatic carbocycles. The number of carboxylic acid groups (broad SMARTS) is 1. The molecule has 1 rings (SSSR count). The Bertz CT molecular complexity index is 477. The predicted octanol–water partition coefficient (Wildman–Crippen LogP) is 1.52. The Kier molecular flexibility index (Phi) is 5.19. The molecule has 8 nitrogen and oxygen atoms in total. The summed E-state index contributed by atoms with van der Waals surface area (Å²) in [4.78, 5) is 24.8. The summed E-state index contributed by atoms with van der Waals surface area (Å²) >= 11 is 0. The van der Waals surface area contributed by atoms with E-state index in [4.69, 9.17) is 9.84 Å². The second-order valence-corrected chi connectivity index (χ2v) is 3.83. The predicted molar refractivity (Wildman–Crippen MR) is 67.4 cm³/mol. The van der Waals surface area contributed by atoms with Crippen molar-refractivity contribution in [2.75, 3.05) is 18.5 Å². The van der Waals surface area contributed by atoms with E-state index in [2.05, 4.69) is 10.3 Å². The van der Waals surface area contributed by atoms with E-state index in [1.165, 1.54) is 0 Å². The number of carbonyl (C=O) groups is 1. The van der Waals surface area contributed by atoms with Crippen molar-refractivity contribution >= 4 is 17.5 Å². The van der Waals surface area contributed by atoms with Gasteiger partial charge in [0.1, 0.15) is 0 Å². The number of anilines is 1. The zero-order chi connectivity index (χ0) is 14.4. The maximum absolute atomic E-state index is 10.8. The van der Waals surface area contributed by atoms with Crippen LogP contribution in [-0.4, -0.2) is 40.2 Å². The number of ether oxygens (including phenoxy) is 1. The van der Waals surface area contributed by atoms with Crippen molar-refractivity contribution in [2.24, 2.45) is 0 Å². The molecular formula is C11H15N3O5. The minimum atomic E-state index is -1.24. The summed E-state index contributed by atoms with van der Waals surface area (Å²) in [6.45, 7) is 4.45. The standard InChI is InChI=1S/C11H15N3O5/c1-3-19-6-7(2)12-10-9(14(17)18)5-4-8(13-10)11(15)16/h4-5,7H,3,6H2,1-2H3,(H,12,13)(H,15,16). The van der Waals surface area contributed by atoms with E-state index in [1.54, 1.807) is 6.92 Å². The Balaban J connectivity index is 2.97. The average Bonchev–Trinajstić information content (AvgIpc) is 2.35. The van der Waals surface area contributed by atoms with Gasteiger partial charge in [-0.3, -0.25) is 10.1 Å². The highest BCUT2D eigenvalue weighted by Crippen LogP contribution is 2.22. The molecule has 1 atom stereocenters. The van der Waals surface area contributed by atoms with Crippen molar-refractivity contribution in [1.82, 2.24) is 4.98 Å². The Labute approximate surface area is 109 Å². The zero-order valence-electron chi connectivity index (χ0n) is 10.6. The molecule has 2 N–H and O–H groups in total. The maximum atomic E-state index is 10.8. The fourth-order valence-electron chi connectivity index (χ4n) is 1.39. The second-order valence-electron chi connectivity index (χ2n) is 3.83. The Morgan fingerprint density at radius 1 is 1.63 bits per heavy atom. The average molecular weight is 269 g/mol. The highest BCUT2D eigenvalue weighted by molar-refractivity contribution is 5.86. The Hall–Kier alpha value is -2.22. The number of aromatic nitrogens is 1. The zero-order valence-corrected chi connectivity index (χ0v) is 10.6. The van der Waals surface area contributed by atoms with Gasteiger partial charge in [-0.15, -0.1) is 0 Å². The van der Waals surface area contributed by atoms with Crippen molar-refractivity contribution in [3.05, 3.63) is 27.9 Å². The number of hydrogen-bond donors (Lipinski definition) is 2. The lowest BCUT2D eigenvalue weighted by atomic mass is 10.3. The molecule has 1 unspecified atom stereocenters. The van der Waals surface area contributed by atoms with Gasteiger partial charge in [0.2, 0.25) is 5.82 Å². The summed E-state index contributed by atoms with van der Waals surface area (Å²) in [5, 5.41) is 22.5. The minimum absolute atomic E-state index is 0.0721. The third-order valence-corrected chi connectivity index (χ3v) is 2.24. The van der Waals surface area contributed by atoms with E-state index < -0.39 is 10.9 Å². The van der Waals surface area contributed by atoms with Gasteiger partial charge in [0.15, 0.2) is 5.69 Å². The van der Waals surface area contributed by atoms with Crippen LogP contribution in [0.2, 0.25) is 0 Å². The van der Waals surface area contributed by atoms with Crippen molar-refractivity contribution in [1.29, 1.82) is 0 Å². The van der Waals surface area contributed by atoms with Gasteiger partial charge in [0, 0.05) is 18.7 Å². The van der Waals surface area contributed by atoms with Gasteiger partial charge in [-0.2, -0.15) is 0 Å². The molecule has 0 spiro atoms. The smallest absolute Gasteiger partial charge is 0.354 e. The van der Waals surface area contributed by atoms with E-state index >= 15 is 0 Å². The molecule has 19 heavy (non-hydrogen) atoms. The monoisotopic (exact) mass is 269 g/mol. The Morgan fingerprint density at radius 2 is 2.32 bits per heavy atom. The van der Waals surface area contributed by atoms with Crippen LogP contribution in [0.25, 0.3) is 0 Å². The molecule has 0 aliphatic rings. The number of rotatable bonds is 7. The van der Waals surface area contributed by atoms with Crippen LogP contribution in [-0.2, 0) is 4.74 Å². The fraction of sp³-hybridized carbons (Fsp3) is 0.455. The summed E-state index contributed by atoms with van der Waals surface area (Å²) in [6, 6.07) is 1.99. The summed E-state index contributed by atoms with van der Waals surface area (Å²) in [5.41, 5.74) is -0.523. The maximum Gasteiger partial charge on any atom is 0.354 e. The first-order chi connectivity index (χ1) is 8.95. The molecule has 0 amide bonds. The molecule has 0 aliphatic heterocycles. The van der Waals surface area contributed by atoms with E-state index in [0.717, 1.165) is 12.1 Å². The number of nitrogens with zero attached hydrogens (tertiary/aromatic N) is 2. The minimum Gasteiger partial charge on any atom is -0.477 e. The van der Waals surface area contributed by atoms with Crippen LogP contribution in [0.3, 0.4) is 0 Å². The molecule has 1 aromatic rings. The van der Waals surface area contributed by atoms with Gasteiger partial charge in [-0.25, -0.2) is 9.78 Å². The van der Waals surface area contributed by atoms with Gasteiger partial charge >= 0.3 is 11.7 Å². The molecule has 0 saturated carbocycles. The van der Waals surface area contributed by atoms with Crippen LogP contribution in [0.5, 0.6) is 0 Å². The first-order valence-corrected chi connectivity index (χ1v) is 5.68. The lowest BCUT2D eigenvalue weighted by Crippen LogP contribution is -2.23. The lowest BCUT2D eigenvalue weighted by molar-refractivity contribution is -0.384. The van der Waals surface area contributed by atoms with Crippen LogP contribution >= 0.6 is 0 Å². The van der Waals surface area contributed by atoms with Crippen molar-refractivity contribution in [3.63, 3.8) is 0 Å². The van der Waals surface area contributed by atoms with Crippen LogP contribution in [0.4, 0.5) is 11.5 Å². The molecule has 1 aromatic heterocycles. The molecule has 1 heterocycles. The van der Waals surface area contributed by atoms with Gasteiger partial charge in [0.05, 0.1) is 11.5 Å². The number of nitro groups is 1. The highest BCUT2D eigenvalue weighted by atomic mass is 16.6. The normalized spacial score (nSPS) is 11.9. The van der Waals surface area contributed by atoms with Crippen molar-refractivity contribution in [3.8, 4) is 0 Å². The van der Waals surface area contributed by atoms with E-state index in [-0.39, 0.29) is 23.2 Å². The summed E-state index contributed by atoms with van der Waals surface area (Å²) < 4.78 is 5.17. The van der Waals surface area contributed by atoms with E-state index in [1.807, 2.05) is 6.92 Å². The third kappa shape index (κ3) is 4.18. The van der Waals surface area contributed by atoms with Gasteiger partial charge < -0.3 is 15.2 Å². The van der Waals surface area contributed by atoms with E-state index in [0.29, 0.717) is 13.2 Å². The number of hydrogen-bond acceptors (Lipinski definition) is 6. The Morgan fingerprint density at radius 3 is 2.84 bits per heavy atom. The number of aromatic carboxylic acids is 1. The summed E-state index contributed by atoms with van der Waals surface area (Å²) in [6.07, 6.45) is 0. The molecule has 0 fully saturated rings. The van der Waals surface area contributed by atoms with Gasteiger partial charge in [-0.05, 0) is 19.9 Å². The largest absolute Gasteiger partial charge is 0.477 e. The molecule has 0 aliphatic carbocycles. The van der Waals surface area contributed by atoms with Crippen LogP contribution in [0.1, 0.15) is 24.3 Å². The third-order valence-electron chi connectivity index (χ3n) is 2.24. The summed E-state index contributed by atoms with van der Waals surface area (Å²) in [7, 11) is 0. The lowest BCUT2D eigenvalue weighted by Gasteiger charge is -2.14. The fourth-order valence-corrected chi connectivity index (χ4v) is 1.39. The molecule has 0 saturated heterocycles. The van der Waals surface area contributed by atoms with Gasteiger partial charge in [-0.1, -0.05) is 0 Å². The molecule has 0 bridgehead atoms. The highest BCUT2D eigenvalue weighted by Gasteiger charge is 2.19. The molecular weight excluding hydrogens is 254 g/mol. The summed E-state index contributed by atoms with van der Waals surface area (Å²) in [5.74, 6) is -1.31. The first-order valence-electron chi connectivity index (χ1n) is 5.68. The molecule has 8 heteroatoms. The quantitative estimate of drug-likeness (QED) is 0.569. The topological polar surface area (TPSA) is 115 Å². The number of pyridine rings is 1. The molecule has 0 radical (unpaired) electrons. The van der Waals surface area contributed by atoms with Gasteiger partial charge in [0.25, 0.3) is 0 Å². The molecule has 104 valence electrons. The second kappa shape index (κ2) is 6.64. The van der Waals surface area contributed by atoms with Crippen LogP contribution < -0.4 is 5.32 Å². The van der Waals surface area contributed by atoms with Crippen molar-refractivity contribution in [2.45, 2.75) is 19.9 Å². The first kappa shape index (κ1) is 14.8. The van der Waals surface area contributed by atoms with Crippen LogP contribution in [0.15, 0.2) is 12.1 Å². The number of carboxylic acids is 1. The van der Waals surface area contributed by atoms with E-state index in [9.17, 15) is 14.9 Å². The van der Waals surface area contributed by atoms with Crippen molar-refractivity contribution < 1.29 is 19.6 Å².